The number of aromatic nitrogens is 3. The van der Waals surface area contributed by atoms with Gasteiger partial charge in [-0.05, 0) is 50.9 Å². The normalized spacial score (nSPS) is 15.2. The van der Waals surface area contributed by atoms with Crippen LogP contribution in [0.3, 0.4) is 0 Å². The molecule has 152 valence electrons. The average molecular weight is 400 g/mol. The van der Waals surface area contributed by atoms with E-state index in [1.807, 2.05) is 6.07 Å². The van der Waals surface area contributed by atoms with E-state index < -0.39 is 6.61 Å². The molecule has 1 aliphatic rings. The van der Waals surface area contributed by atoms with Crippen molar-refractivity contribution in [1.29, 1.82) is 0 Å². The summed E-state index contributed by atoms with van der Waals surface area (Å²) in [4.78, 5) is 22.4. The zero-order chi connectivity index (χ0) is 20.4. The number of rotatable bonds is 5. The molecule has 1 fully saturated rings. The van der Waals surface area contributed by atoms with Crippen LogP contribution in [0.5, 0.6) is 5.75 Å². The van der Waals surface area contributed by atoms with E-state index in [2.05, 4.69) is 20.0 Å². The molecule has 3 heterocycles. The maximum Gasteiger partial charge on any atom is 0.387 e. The lowest BCUT2D eigenvalue weighted by Gasteiger charge is -2.23. The minimum Gasteiger partial charge on any atom is -0.434 e. The molecule has 0 aliphatic carbocycles. The highest BCUT2D eigenvalue weighted by atomic mass is 19.3. The summed E-state index contributed by atoms with van der Waals surface area (Å²) in [5.74, 6) is 0.186. The van der Waals surface area contributed by atoms with Gasteiger partial charge in [0.15, 0.2) is 5.65 Å². The van der Waals surface area contributed by atoms with Crippen molar-refractivity contribution in [2.75, 3.05) is 13.1 Å². The van der Waals surface area contributed by atoms with E-state index in [0.29, 0.717) is 28.0 Å². The van der Waals surface area contributed by atoms with Crippen molar-refractivity contribution in [2.45, 2.75) is 38.8 Å². The van der Waals surface area contributed by atoms with Gasteiger partial charge in [-0.15, -0.1) is 0 Å². The van der Waals surface area contributed by atoms with Gasteiger partial charge in [-0.2, -0.15) is 8.78 Å². The highest BCUT2D eigenvalue weighted by Gasteiger charge is 2.22. The van der Waals surface area contributed by atoms with Gasteiger partial charge in [0.25, 0.3) is 5.56 Å². The van der Waals surface area contributed by atoms with Gasteiger partial charge in [0.1, 0.15) is 11.3 Å². The molecule has 0 atom stereocenters. The fourth-order valence-electron chi connectivity index (χ4n) is 3.82. The van der Waals surface area contributed by atoms with Crippen LogP contribution in [0.2, 0.25) is 0 Å². The zero-order valence-electron chi connectivity index (χ0n) is 16.1. The van der Waals surface area contributed by atoms with E-state index in [9.17, 15) is 13.6 Å². The predicted molar refractivity (Wildman–Crippen MR) is 106 cm³/mol. The SMILES string of the molecule is Cc1cnc2cc(C3CCNCC3)c(=O)n(Cc3ccccc3OC(F)F)c2n1. The Morgan fingerprint density at radius 3 is 2.79 bits per heavy atom. The van der Waals surface area contributed by atoms with Gasteiger partial charge in [-0.1, -0.05) is 18.2 Å². The van der Waals surface area contributed by atoms with Crippen LogP contribution in [0.25, 0.3) is 11.2 Å². The van der Waals surface area contributed by atoms with Gasteiger partial charge in [-0.3, -0.25) is 14.3 Å². The third kappa shape index (κ3) is 4.12. The fourth-order valence-corrected chi connectivity index (χ4v) is 3.82. The second-order valence-electron chi connectivity index (χ2n) is 7.22. The topological polar surface area (TPSA) is 69.0 Å². The molecule has 0 spiro atoms. The number of aryl methyl sites for hydroxylation is 1. The van der Waals surface area contributed by atoms with Crippen LogP contribution in [-0.2, 0) is 6.54 Å². The predicted octanol–water partition coefficient (Wildman–Crippen LogP) is 3.22. The van der Waals surface area contributed by atoms with Gasteiger partial charge in [0, 0.05) is 17.3 Å². The lowest BCUT2D eigenvalue weighted by Crippen LogP contribution is -2.32. The Morgan fingerprint density at radius 2 is 2.03 bits per heavy atom. The van der Waals surface area contributed by atoms with Crippen LogP contribution >= 0.6 is 0 Å². The van der Waals surface area contributed by atoms with Crippen molar-refractivity contribution in [3.8, 4) is 5.75 Å². The minimum atomic E-state index is -2.94. The van der Waals surface area contributed by atoms with E-state index in [4.69, 9.17) is 0 Å². The number of para-hydroxylation sites is 1. The molecule has 8 heteroatoms. The monoisotopic (exact) mass is 400 g/mol. The number of nitrogens with one attached hydrogen (secondary N) is 1. The van der Waals surface area contributed by atoms with Crippen LogP contribution in [-0.4, -0.2) is 34.2 Å². The summed E-state index contributed by atoms with van der Waals surface area (Å²) < 4.78 is 31.8. The number of ether oxygens (including phenoxy) is 1. The summed E-state index contributed by atoms with van der Waals surface area (Å²) in [6, 6.07) is 8.34. The second kappa shape index (κ2) is 8.24. The van der Waals surface area contributed by atoms with Crippen LogP contribution in [0.4, 0.5) is 8.78 Å². The molecule has 1 aliphatic heterocycles. The number of hydrogen-bond donors (Lipinski definition) is 1. The first-order chi connectivity index (χ1) is 14.0. The molecule has 0 radical (unpaired) electrons. The van der Waals surface area contributed by atoms with E-state index in [-0.39, 0.29) is 23.8 Å². The van der Waals surface area contributed by atoms with Crippen molar-refractivity contribution in [1.82, 2.24) is 19.9 Å². The molecule has 29 heavy (non-hydrogen) atoms. The molecule has 6 nitrogen and oxygen atoms in total. The number of piperidine rings is 1. The summed E-state index contributed by atoms with van der Waals surface area (Å²) in [6.07, 6.45) is 3.40. The maximum atomic E-state index is 13.4. The number of halogens is 2. The molecule has 3 aromatic rings. The van der Waals surface area contributed by atoms with Gasteiger partial charge in [-0.25, -0.2) is 4.98 Å². The number of alkyl halides is 2. The molecule has 4 rings (SSSR count). The van der Waals surface area contributed by atoms with E-state index >= 15 is 0 Å². The highest BCUT2D eigenvalue weighted by Crippen LogP contribution is 2.26. The third-order valence-electron chi connectivity index (χ3n) is 5.24. The maximum absolute atomic E-state index is 13.4. The van der Waals surface area contributed by atoms with Gasteiger partial charge in [0.05, 0.1) is 12.2 Å². The van der Waals surface area contributed by atoms with Crippen LogP contribution in [0.1, 0.15) is 35.6 Å². The average Bonchev–Trinajstić information content (AvgIpc) is 2.71. The molecule has 0 amide bonds. The van der Waals surface area contributed by atoms with Crippen molar-refractivity contribution in [3.63, 3.8) is 0 Å². The molecular weight excluding hydrogens is 378 g/mol. The summed E-state index contributed by atoms with van der Waals surface area (Å²) in [5, 5.41) is 3.30. The quantitative estimate of drug-likeness (QED) is 0.712. The Hall–Kier alpha value is -2.87. The first-order valence-electron chi connectivity index (χ1n) is 9.63. The van der Waals surface area contributed by atoms with Crippen molar-refractivity contribution in [3.05, 3.63) is 63.7 Å². The first kappa shape index (κ1) is 19.4. The Bertz CT molecular complexity index is 1080. The Labute approximate surface area is 166 Å². The third-order valence-corrected chi connectivity index (χ3v) is 5.24. The molecule has 0 saturated carbocycles. The Kier molecular flexibility index (Phi) is 5.53. The molecule has 1 saturated heterocycles. The molecule has 2 aromatic heterocycles. The van der Waals surface area contributed by atoms with Crippen LogP contribution in [0.15, 0.2) is 41.3 Å². The zero-order valence-corrected chi connectivity index (χ0v) is 16.1. The number of pyridine rings is 1. The smallest absolute Gasteiger partial charge is 0.387 e. The van der Waals surface area contributed by atoms with Crippen LogP contribution < -0.4 is 15.6 Å². The van der Waals surface area contributed by atoms with Gasteiger partial charge < -0.3 is 10.1 Å². The number of nitrogens with zero attached hydrogens (tertiary/aromatic N) is 3. The van der Waals surface area contributed by atoms with E-state index in [0.717, 1.165) is 25.9 Å². The Balaban J connectivity index is 1.85. The highest BCUT2D eigenvalue weighted by molar-refractivity contribution is 5.71. The fraction of sp³-hybridized carbons (Fsp3) is 0.381. The van der Waals surface area contributed by atoms with Crippen molar-refractivity contribution >= 4 is 11.2 Å². The molecular formula is C21H22F2N4O2. The summed E-state index contributed by atoms with van der Waals surface area (Å²) in [5.41, 5.74) is 2.77. The van der Waals surface area contributed by atoms with E-state index in [1.54, 1.807) is 31.3 Å². The summed E-state index contributed by atoms with van der Waals surface area (Å²) in [7, 11) is 0. The van der Waals surface area contributed by atoms with Crippen LogP contribution in [0, 0.1) is 6.92 Å². The first-order valence-corrected chi connectivity index (χ1v) is 9.63. The second-order valence-corrected chi connectivity index (χ2v) is 7.22. The van der Waals surface area contributed by atoms with Crippen molar-refractivity contribution < 1.29 is 13.5 Å². The van der Waals surface area contributed by atoms with Gasteiger partial charge >= 0.3 is 6.61 Å². The largest absolute Gasteiger partial charge is 0.434 e. The minimum absolute atomic E-state index is 0.0513. The number of fused-ring (bicyclic) bond motifs is 1. The molecule has 0 unspecified atom stereocenters. The lowest BCUT2D eigenvalue weighted by atomic mass is 9.91. The van der Waals surface area contributed by atoms with Crippen molar-refractivity contribution in [2.24, 2.45) is 0 Å². The summed E-state index contributed by atoms with van der Waals surface area (Å²) in [6.45, 7) is 0.651. The van der Waals surface area contributed by atoms with Gasteiger partial charge in [0.2, 0.25) is 0 Å². The standard InChI is InChI=1S/C21H22F2N4O2/c1-13-11-25-17-10-16(14-6-8-24-9-7-14)20(28)27(19(17)26-13)12-15-4-2-3-5-18(15)29-21(22)23/h2-5,10-11,14,21,24H,6-9,12H2,1H3. The summed E-state index contributed by atoms with van der Waals surface area (Å²) >= 11 is 0. The molecule has 1 aromatic carbocycles. The lowest BCUT2D eigenvalue weighted by molar-refractivity contribution is -0.0504. The molecule has 1 N–H and O–H groups in total. The van der Waals surface area contributed by atoms with E-state index in [1.165, 1.54) is 10.6 Å². The number of hydrogen-bond acceptors (Lipinski definition) is 5. The number of benzene rings is 1. The molecule has 0 bridgehead atoms. The Morgan fingerprint density at radius 1 is 1.28 bits per heavy atom.